The lowest BCUT2D eigenvalue weighted by Gasteiger charge is -2.10. The summed E-state index contributed by atoms with van der Waals surface area (Å²) in [4.78, 5) is 19.2. The minimum atomic E-state index is -0.253. The number of halogens is 1. The fourth-order valence-corrected chi connectivity index (χ4v) is 5.30. The van der Waals surface area contributed by atoms with Crippen molar-refractivity contribution in [3.05, 3.63) is 99.9 Å². The molecule has 36 heavy (non-hydrogen) atoms. The summed E-state index contributed by atoms with van der Waals surface area (Å²) >= 11 is 7.55. The van der Waals surface area contributed by atoms with Crippen LogP contribution in [0.2, 0.25) is 5.02 Å². The molecule has 0 aliphatic carbocycles. The molecule has 0 aliphatic heterocycles. The Hall–Kier alpha value is -3.87. The van der Waals surface area contributed by atoms with Gasteiger partial charge in [0.25, 0.3) is 5.91 Å². The average Bonchev–Trinajstić information content (AvgIpc) is 3.24. The van der Waals surface area contributed by atoms with E-state index in [9.17, 15) is 4.79 Å². The van der Waals surface area contributed by atoms with Crippen LogP contribution in [0.3, 0.4) is 0 Å². The minimum Gasteiger partial charge on any atom is -0.497 e. The molecular weight excluding hydrogens is 490 g/mol. The average molecular weight is 514 g/mol. The van der Waals surface area contributed by atoms with E-state index < -0.39 is 0 Å². The summed E-state index contributed by atoms with van der Waals surface area (Å²) in [6, 6.07) is 25.5. The summed E-state index contributed by atoms with van der Waals surface area (Å²) in [5, 5.41) is 4.34. The van der Waals surface area contributed by atoms with Gasteiger partial charge in [-0.05, 0) is 60.0 Å². The Morgan fingerprint density at radius 3 is 2.42 bits per heavy atom. The number of thiophene rings is 1. The molecule has 5 rings (SSSR count). The van der Waals surface area contributed by atoms with E-state index in [1.807, 2.05) is 48.5 Å². The number of nitrogens with two attached hydrogens (primary N) is 1. The number of aromatic nitrogens is 1. The van der Waals surface area contributed by atoms with E-state index in [1.165, 1.54) is 11.3 Å². The van der Waals surface area contributed by atoms with Crippen molar-refractivity contribution in [1.29, 1.82) is 0 Å². The lowest BCUT2D eigenvalue weighted by atomic mass is 9.98. The predicted octanol–water partition coefficient (Wildman–Crippen LogP) is 7.11. The number of methoxy groups -OCH3 is 1. The van der Waals surface area contributed by atoms with Gasteiger partial charge in [0.2, 0.25) is 0 Å². The normalized spacial score (nSPS) is 11.0. The number of hydrogen-bond acceptors (Lipinski definition) is 5. The van der Waals surface area contributed by atoms with Crippen molar-refractivity contribution in [3.63, 3.8) is 0 Å². The third kappa shape index (κ3) is 4.65. The number of nitrogens with zero attached hydrogens (tertiary/aromatic N) is 1. The van der Waals surface area contributed by atoms with Crippen LogP contribution in [-0.4, -0.2) is 18.0 Å². The number of carbonyl (C=O) groups is 1. The van der Waals surface area contributed by atoms with Crippen molar-refractivity contribution in [2.45, 2.75) is 13.5 Å². The summed E-state index contributed by atoms with van der Waals surface area (Å²) in [5.41, 5.74) is 12.7. The zero-order valence-electron chi connectivity index (χ0n) is 19.8. The molecule has 3 N–H and O–H groups in total. The Morgan fingerprint density at radius 1 is 1.03 bits per heavy atom. The van der Waals surface area contributed by atoms with E-state index in [0.29, 0.717) is 27.0 Å². The summed E-state index contributed by atoms with van der Waals surface area (Å²) in [6.45, 7) is 2.36. The number of hydrogen-bond donors (Lipinski definition) is 2. The lowest BCUT2D eigenvalue weighted by molar-refractivity contribution is 0.0956. The summed E-state index contributed by atoms with van der Waals surface area (Å²) < 4.78 is 5.30. The maximum Gasteiger partial charge on any atom is 0.263 e. The zero-order valence-corrected chi connectivity index (χ0v) is 21.4. The molecule has 0 aliphatic rings. The van der Waals surface area contributed by atoms with E-state index in [2.05, 4.69) is 36.5 Å². The van der Waals surface area contributed by atoms with Crippen LogP contribution in [0, 0.1) is 6.92 Å². The van der Waals surface area contributed by atoms with E-state index in [-0.39, 0.29) is 5.91 Å². The van der Waals surface area contributed by atoms with Crippen LogP contribution >= 0.6 is 22.9 Å². The number of aryl methyl sites for hydroxylation is 1. The van der Waals surface area contributed by atoms with Gasteiger partial charge in [0.05, 0.1) is 18.5 Å². The topological polar surface area (TPSA) is 77.2 Å². The van der Waals surface area contributed by atoms with E-state index in [1.54, 1.807) is 13.2 Å². The van der Waals surface area contributed by atoms with Crippen molar-refractivity contribution in [2.75, 3.05) is 12.8 Å². The number of rotatable bonds is 6. The smallest absolute Gasteiger partial charge is 0.263 e. The van der Waals surface area contributed by atoms with Crippen LogP contribution in [0.4, 0.5) is 5.69 Å². The first kappa shape index (κ1) is 23.9. The maximum absolute atomic E-state index is 13.2. The second-order valence-corrected chi connectivity index (χ2v) is 9.85. The Balaban J connectivity index is 1.60. The number of benzene rings is 3. The van der Waals surface area contributed by atoms with Gasteiger partial charge in [0.15, 0.2) is 0 Å². The number of nitrogens with one attached hydrogen (secondary N) is 1. The van der Waals surface area contributed by atoms with Gasteiger partial charge in [-0.15, -0.1) is 11.3 Å². The number of anilines is 1. The van der Waals surface area contributed by atoms with Gasteiger partial charge in [-0.25, -0.2) is 4.98 Å². The van der Waals surface area contributed by atoms with Crippen LogP contribution in [-0.2, 0) is 6.54 Å². The molecule has 0 saturated carbocycles. The predicted molar refractivity (Wildman–Crippen MR) is 149 cm³/mol. The molecule has 5 aromatic rings. The summed E-state index contributed by atoms with van der Waals surface area (Å²) in [7, 11) is 1.64. The summed E-state index contributed by atoms with van der Waals surface area (Å²) in [6.07, 6.45) is 0. The molecule has 0 radical (unpaired) electrons. The lowest BCUT2D eigenvalue weighted by Crippen LogP contribution is -2.22. The van der Waals surface area contributed by atoms with Crippen LogP contribution in [0.5, 0.6) is 5.75 Å². The van der Waals surface area contributed by atoms with E-state index in [4.69, 9.17) is 27.1 Å². The van der Waals surface area contributed by atoms with Gasteiger partial charge in [-0.1, -0.05) is 59.6 Å². The van der Waals surface area contributed by atoms with Crippen molar-refractivity contribution in [1.82, 2.24) is 10.3 Å². The molecule has 0 unspecified atom stereocenters. The van der Waals surface area contributed by atoms with E-state index in [0.717, 1.165) is 44.6 Å². The first-order valence-electron chi connectivity index (χ1n) is 11.4. The fraction of sp³-hybridized carbons (Fsp3) is 0.103. The molecule has 2 heterocycles. The Morgan fingerprint density at radius 2 is 1.72 bits per heavy atom. The summed E-state index contributed by atoms with van der Waals surface area (Å²) in [5.74, 6) is 0.521. The van der Waals surface area contributed by atoms with Gasteiger partial charge < -0.3 is 15.8 Å². The quantitative estimate of drug-likeness (QED) is 0.253. The van der Waals surface area contributed by atoms with Gasteiger partial charge in [0.1, 0.15) is 15.5 Å². The van der Waals surface area contributed by atoms with Gasteiger partial charge >= 0.3 is 0 Å². The highest BCUT2D eigenvalue weighted by molar-refractivity contribution is 7.21. The van der Waals surface area contributed by atoms with Crippen LogP contribution < -0.4 is 15.8 Å². The van der Waals surface area contributed by atoms with Gasteiger partial charge in [0, 0.05) is 22.5 Å². The van der Waals surface area contributed by atoms with Gasteiger partial charge in [-0.3, -0.25) is 4.79 Å². The van der Waals surface area contributed by atoms with Crippen molar-refractivity contribution in [2.24, 2.45) is 0 Å². The van der Waals surface area contributed by atoms with Gasteiger partial charge in [-0.2, -0.15) is 0 Å². The largest absolute Gasteiger partial charge is 0.497 e. The molecule has 0 fully saturated rings. The van der Waals surface area contributed by atoms with Crippen LogP contribution in [0.15, 0.2) is 78.9 Å². The number of carbonyl (C=O) groups excluding carboxylic acids is 1. The number of fused-ring (bicyclic) bond motifs is 1. The molecular formula is C29H24ClN3O2S. The highest BCUT2D eigenvalue weighted by atomic mass is 35.5. The molecule has 0 saturated heterocycles. The third-order valence-corrected chi connectivity index (χ3v) is 7.52. The molecule has 3 aromatic carbocycles. The molecule has 2 aromatic heterocycles. The SMILES string of the molecule is COc1ccc(-c2cc(-c3ccc(C)cc3)c3c(N)c(C(=O)NCc4ccccc4Cl)sc3n2)cc1. The van der Waals surface area contributed by atoms with E-state index >= 15 is 0 Å². The maximum atomic E-state index is 13.2. The second-order valence-electron chi connectivity index (χ2n) is 8.45. The van der Waals surface area contributed by atoms with Crippen molar-refractivity contribution in [3.8, 4) is 28.1 Å². The molecule has 1 amide bonds. The first-order valence-corrected chi connectivity index (χ1v) is 12.6. The molecule has 180 valence electrons. The Labute approximate surface area is 218 Å². The number of amides is 1. The highest BCUT2D eigenvalue weighted by Crippen LogP contribution is 2.41. The molecule has 7 heteroatoms. The van der Waals surface area contributed by atoms with Crippen molar-refractivity contribution >= 4 is 44.7 Å². The molecule has 0 atom stereocenters. The molecule has 0 spiro atoms. The van der Waals surface area contributed by atoms with Crippen LogP contribution in [0.1, 0.15) is 20.8 Å². The number of pyridine rings is 1. The second kappa shape index (κ2) is 10.0. The standard InChI is InChI=1S/C29H24ClN3O2S/c1-17-7-9-18(10-8-17)22-15-24(19-11-13-21(35-2)14-12-19)33-29-25(22)26(31)27(36-29)28(34)32-16-20-5-3-4-6-23(20)30/h3-15H,16,31H2,1-2H3,(H,32,34). The Kier molecular flexibility index (Phi) is 6.63. The zero-order chi connectivity index (χ0) is 25.2. The third-order valence-electron chi connectivity index (χ3n) is 6.05. The molecule has 5 nitrogen and oxygen atoms in total. The monoisotopic (exact) mass is 513 g/mol. The Bertz CT molecular complexity index is 1560. The van der Waals surface area contributed by atoms with Crippen molar-refractivity contribution < 1.29 is 9.53 Å². The van der Waals surface area contributed by atoms with Crippen LogP contribution in [0.25, 0.3) is 32.6 Å². The number of ether oxygens (including phenoxy) is 1. The molecule has 0 bridgehead atoms. The first-order chi connectivity index (χ1) is 17.4. The highest BCUT2D eigenvalue weighted by Gasteiger charge is 2.22. The number of nitrogen functional groups attached to an aromatic ring is 1. The fourth-order valence-electron chi connectivity index (χ4n) is 4.06. The minimum absolute atomic E-state index is 0.253.